The molecule has 0 fully saturated rings. The van der Waals surface area contributed by atoms with E-state index >= 15 is 0 Å². The highest BCUT2D eigenvalue weighted by molar-refractivity contribution is 7.18. The Balaban J connectivity index is 1.27. The summed E-state index contributed by atoms with van der Waals surface area (Å²) in [4.78, 5) is 28.4. The molecule has 0 aliphatic heterocycles. The summed E-state index contributed by atoms with van der Waals surface area (Å²) in [5.41, 5.74) is 4.54. The minimum absolute atomic E-state index is 0.0711. The standard InChI is InChI=1S/C25H19FN2O4S/c26-19-10-5-11-21-23(19)28-22(33-21)12-20(24(29)30)27-25(31)32-13-18-16-8-3-1-6-14(16)15-7-2-4-9-17(15)18/h1-11,18,20H,12-13H2,(H,27,31)(H,29,30). The Kier molecular flexibility index (Phi) is 5.51. The molecular weight excluding hydrogens is 443 g/mol. The van der Waals surface area contributed by atoms with Gasteiger partial charge in [0.1, 0.15) is 24.0 Å². The number of thiazole rings is 1. The van der Waals surface area contributed by atoms with Crippen LogP contribution in [0.2, 0.25) is 0 Å². The second-order valence-electron chi connectivity index (χ2n) is 7.76. The highest BCUT2D eigenvalue weighted by Crippen LogP contribution is 2.44. The predicted octanol–water partition coefficient (Wildman–Crippen LogP) is 4.97. The zero-order valence-electron chi connectivity index (χ0n) is 17.3. The molecule has 2 N–H and O–H groups in total. The lowest BCUT2D eigenvalue weighted by molar-refractivity contribution is -0.139. The second kappa shape index (κ2) is 8.63. The first-order chi connectivity index (χ1) is 16.0. The summed E-state index contributed by atoms with van der Waals surface area (Å²) < 4.78 is 20.0. The maximum atomic E-state index is 13.9. The number of alkyl carbamates (subject to hydrolysis) is 1. The number of carboxylic acids is 1. The van der Waals surface area contributed by atoms with Crippen molar-refractivity contribution in [2.45, 2.75) is 18.4 Å². The zero-order valence-corrected chi connectivity index (χ0v) is 18.1. The number of para-hydroxylation sites is 1. The van der Waals surface area contributed by atoms with Crippen LogP contribution in [-0.4, -0.2) is 34.8 Å². The van der Waals surface area contributed by atoms with Crippen LogP contribution in [0, 0.1) is 5.82 Å². The molecule has 166 valence electrons. The molecule has 6 nitrogen and oxygen atoms in total. The summed E-state index contributed by atoms with van der Waals surface area (Å²) in [6.45, 7) is 0.0819. The Morgan fingerprint density at radius 3 is 2.33 bits per heavy atom. The number of nitrogens with zero attached hydrogens (tertiary/aromatic N) is 1. The number of hydrogen-bond donors (Lipinski definition) is 2. The van der Waals surface area contributed by atoms with Gasteiger partial charge in [0.05, 0.1) is 9.71 Å². The summed E-state index contributed by atoms with van der Waals surface area (Å²) in [5.74, 6) is -1.81. The van der Waals surface area contributed by atoms with Crippen molar-refractivity contribution in [1.82, 2.24) is 10.3 Å². The van der Waals surface area contributed by atoms with Crippen LogP contribution in [0.5, 0.6) is 0 Å². The van der Waals surface area contributed by atoms with E-state index in [-0.39, 0.29) is 24.5 Å². The Labute approximate surface area is 192 Å². The predicted molar refractivity (Wildman–Crippen MR) is 123 cm³/mol. The average molecular weight is 463 g/mol. The van der Waals surface area contributed by atoms with Crippen molar-refractivity contribution in [2.75, 3.05) is 6.61 Å². The van der Waals surface area contributed by atoms with Crippen LogP contribution in [0.1, 0.15) is 22.1 Å². The summed E-state index contributed by atoms with van der Waals surface area (Å²) in [6.07, 6.45) is -0.894. The lowest BCUT2D eigenvalue weighted by Crippen LogP contribution is -2.42. The fourth-order valence-electron chi connectivity index (χ4n) is 4.21. The number of rotatable bonds is 6. The van der Waals surface area contributed by atoms with Crippen molar-refractivity contribution < 1.29 is 23.8 Å². The molecule has 0 spiro atoms. The van der Waals surface area contributed by atoms with Crippen molar-refractivity contribution >= 4 is 33.6 Å². The van der Waals surface area contributed by atoms with Gasteiger partial charge in [-0.15, -0.1) is 11.3 Å². The summed E-state index contributed by atoms with van der Waals surface area (Å²) >= 11 is 1.20. The van der Waals surface area contributed by atoms with E-state index in [1.807, 2.05) is 48.5 Å². The van der Waals surface area contributed by atoms with E-state index in [4.69, 9.17) is 4.74 Å². The molecule has 4 aromatic rings. The van der Waals surface area contributed by atoms with Crippen LogP contribution < -0.4 is 5.32 Å². The van der Waals surface area contributed by atoms with Crippen molar-refractivity contribution in [3.63, 3.8) is 0 Å². The third kappa shape index (κ3) is 4.05. The summed E-state index contributed by atoms with van der Waals surface area (Å²) in [6, 6.07) is 19.3. The second-order valence-corrected chi connectivity index (χ2v) is 8.87. The van der Waals surface area contributed by atoms with Crippen LogP contribution >= 0.6 is 11.3 Å². The van der Waals surface area contributed by atoms with Gasteiger partial charge in [0.2, 0.25) is 0 Å². The first kappa shape index (κ1) is 21.1. The average Bonchev–Trinajstić information content (AvgIpc) is 3.37. The van der Waals surface area contributed by atoms with Crippen molar-refractivity contribution in [3.8, 4) is 11.1 Å². The van der Waals surface area contributed by atoms with Crippen LogP contribution in [0.15, 0.2) is 66.7 Å². The Morgan fingerprint density at radius 1 is 1.03 bits per heavy atom. The fraction of sp³-hybridized carbons (Fsp3) is 0.160. The molecule has 0 saturated heterocycles. The molecule has 3 aromatic carbocycles. The molecule has 1 amide bonds. The lowest BCUT2D eigenvalue weighted by Gasteiger charge is -2.17. The SMILES string of the molecule is O=C(NC(Cc1nc2c(F)cccc2s1)C(=O)O)OCC1c2ccccc2-c2ccccc21. The minimum atomic E-state index is -1.25. The molecule has 0 bridgehead atoms. The van der Waals surface area contributed by atoms with Crippen LogP contribution in [0.3, 0.4) is 0 Å². The number of carboxylic acid groups (broad SMARTS) is 1. The smallest absolute Gasteiger partial charge is 0.407 e. The summed E-state index contributed by atoms with van der Waals surface area (Å²) in [7, 11) is 0. The third-order valence-electron chi connectivity index (χ3n) is 5.73. The molecule has 1 aromatic heterocycles. The summed E-state index contributed by atoms with van der Waals surface area (Å²) in [5, 5.41) is 12.4. The maximum Gasteiger partial charge on any atom is 0.407 e. The van der Waals surface area contributed by atoms with Crippen molar-refractivity contribution in [3.05, 3.63) is 88.7 Å². The molecule has 33 heavy (non-hydrogen) atoms. The van der Waals surface area contributed by atoms with E-state index < -0.39 is 23.9 Å². The minimum Gasteiger partial charge on any atom is -0.480 e. The maximum absolute atomic E-state index is 13.9. The Morgan fingerprint density at radius 2 is 1.70 bits per heavy atom. The van der Waals surface area contributed by atoms with E-state index in [1.165, 1.54) is 17.4 Å². The number of ether oxygens (including phenoxy) is 1. The van der Waals surface area contributed by atoms with Gasteiger partial charge in [-0.3, -0.25) is 0 Å². The number of carbonyl (C=O) groups is 2. The van der Waals surface area contributed by atoms with Crippen LogP contribution in [0.4, 0.5) is 9.18 Å². The lowest BCUT2D eigenvalue weighted by atomic mass is 9.98. The van der Waals surface area contributed by atoms with Gasteiger partial charge in [0, 0.05) is 12.3 Å². The number of aromatic nitrogens is 1. The molecular formula is C25H19FN2O4S. The monoisotopic (exact) mass is 462 g/mol. The molecule has 5 rings (SSSR count). The number of aliphatic carboxylic acids is 1. The molecule has 1 aliphatic carbocycles. The van der Waals surface area contributed by atoms with Gasteiger partial charge >= 0.3 is 12.1 Å². The molecule has 0 radical (unpaired) electrons. The van der Waals surface area contributed by atoms with Gasteiger partial charge < -0.3 is 15.2 Å². The molecule has 1 unspecified atom stereocenters. The van der Waals surface area contributed by atoms with Crippen LogP contribution in [0.25, 0.3) is 21.3 Å². The van der Waals surface area contributed by atoms with E-state index in [9.17, 15) is 19.1 Å². The highest BCUT2D eigenvalue weighted by Gasteiger charge is 2.30. The Bertz CT molecular complexity index is 1320. The Hall–Kier alpha value is -3.78. The molecule has 1 atom stereocenters. The molecule has 8 heteroatoms. The van der Waals surface area contributed by atoms with Gasteiger partial charge in [-0.05, 0) is 34.4 Å². The number of benzene rings is 3. The fourth-order valence-corrected chi connectivity index (χ4v) is 5.23. The number of nitrogens with one attached hydrogen (secondary N) is 1. The molecule has 1 aliphatic rings. The van der Waals surface area contributed by atoms with Crippen molar-refractivity contribution in [1.29, 1.82) is 0 Å². The van der Waals surface area contributed by atoms with E-state index in [1.54, 1.807) is 12.1 Å². The zero-order chi connectivity index (χ0) is 22.9. The number of amides is 1. The van der Waals surface area contributed by atoms with Gasteiger partial charge in [-0.2, -0.15) is 0 Å². The topological polar surface area (TPSA) is 88.5 Å². The van der Waals surface area contributed by atoms with Crippen LogP contribution in [-0.2, 0) is 16.0 Å². The first-order valence-electron chi connectivity index (χ1n) is 10.4. The van der Waals surface area contributed by atoms with Gasteiger partial charge in [-0.25, -0.2) is 19.0 Å². The van der Waals surface area contributed by atoms with E-state index in [2.05, 4.69) is 10.3 Å². The quantitative estimate of drug-likeness (QED) is 0.422. The van der Waals surface area contributed by atoms with Crippen molar-refractivity contribution in [2.24, 2.45) is 0 Å². The van der Waals surface area contributed by atoms with Gasteiger partial charge in [0.25, 0.3) is 0 Å². The molecule has 0 saturated carbocycles. The number of carbonyl (C=O) groups excluding carboxylic acids is 1. The number of halogens is 1. The first-order valence-corrected chi connectivity index (χ1v) is 11.2. The largest absolute Gasteiger partial charge is 0.480 e. The number of hydrogen-bond acceptors (Lipinski definition) is 5. The normalized spacial score (nSPS) is 13.4. The highest BCUT2D eigenvalue weighted by atomic mass is 32.1. The third-order valence-corrected chi connectivity index (χ3v) is 6.77. The van der Waals surface area contributed by atoms with E-state index in [0.717, 1.165) is 22.3 Å². The molecule has 1 heterocycles. The van der Waals surface area contributed by atoms with Gasteiger partial charge in [0.15, 0.2) is 0 Å². The van der Waals surface area contributed by atoms with E-state index in [0.29, 0.717) is 9.71 Å². The number of fused-ring (bicyclic) bond motifs is 4. The van der Waals surface area contributed by atoms with Gasteiger partial charge in [-0.1, -0.05) is 54.6 Å².